The summed E-state index contributed by atoms with van der Waals surface area (Å²) in [5.41, 5.74) is 8.36. The average Bonchev–Trinajstić information content (AvgIpc) is 2.85. The molecule has 1 unspecified atom stereocenters. The molecular weight excluding hydrogens is 401 g/mol. The van der Waals surface area contributed by atoms with Crippen LogP contribution < -0.4 is 5.73 Å². The molecule has 1 aromatic heterocycles. The molecule has 0 amide bonds. The van der Waals surface area contributed by atoms with Gasteiger partial charge in [0, 0.05) is 19.9 Å². The van der Waals surface area contributed by atoms with E-state index in [2.05, 4.69) is 31.9 Å². The van der Waals surface area contributed by atoms with Crippen LogP contribution in [0, 0.1) is 12.7 Å². The molecule has 2 N–H and O–H groups in total. The van der Waals surface area contributed by atoms with E-state index in [1.54, 1.807) is 12.1 Å². The molecular formula is C16H12Br2FNO. The number of rotatable bonds is 2. The van der Waals surface area contributed by atoms with Crippen LogP contribution in [-0.2, 0) is 0 Å². The molecule has 2 aromatic carbocycles. The minimum atomic E-state index is -0.645. The molecule has 0 saturated heterocycles. The number of hydrogen-bond acceptors (Lipinski definition) is 2. The Kier molecular flexibility index (Phi) is 3.90. The Morgan fingerprint density at radius 2 is 1.86 bits per heavy atom. The van der Waals surface area contributed by atoms with Gasteiger partial charge in [0.15, 0.2) is 0 Å². The fourth-order valence-electron chi connectivity index (χ4n) is 2.36. The lowest BCUT2D eigenvalue weighted by Crippen LogP contribution is -2.12. The Hall–Kier alpha value is -1.17. The summed E-state index contributed by atoms with van der Waals surface area (Å²) in [6.07, 6.45) is 0. The van der Waals surface area contributed by atoms with Crippen molar-refractivity contribution in [1.29, 1.82) is 0 Å². The molecule has 21 heavy (non-hydrogen) atoms. The van der Waals surface area contributed by atoms with Gasteiger partial charge >= 0.3 is 0 Å². The Bertz CT molecular complexity index is 829. The van der Waals surface area contributed by atoms with Gasteiger partial charge in [-0.3, -0.25) is 0 Å². The first-order valence-electron chi connectivity index (χ1n) is 6.36. The van der Waals surface area contributed by atoms with Gasteiger partial charge in [-0.15, -0.1) is 0 Å². The number of fused-ring (bicyclic) bond motifs is 1. The van der Waals surface area contributed by atoms with Crippen LogP contribution in [0.3, 0.4) is 0 Å². The highest BCUT2D eigenvalue weighted by Gasteiger charge is 2.19. The van der Waals surface area contributed by atoms with Crippen molar-refractivity contribution in [3.63, 3.8) is 0 Å². The Morgan fingerprint density at radius 1 is 1.10 bits per heavy atom. The van der Waals surface area contributed by atoms with Crippen LogP contribution in [0.1, 0.15) is 22.9 Å². The van der Waals surface area contributed by atoms with Gasteiger partial charge in [0.2, 0.25) is 0 Å². The third kappa shape index (κ3) is 2.78. The number of hydrogen-bond donors (Lipinski definition) is 1. The van der Waals surface area contributed by atoms with E-state index < -0.39 is 6.04 Å². The molecule has 0 aliphatic rings. The SMILES string of the molecule is Cc1cc(Br)cc2cc(C(N)c3cc(Br)ccc3F)oc12. The van der Waals surface area contributed by atoms with E-state index in [0.29, 0.717) is 11.3 Å². The van der Waals surface area contributed by atoms with Gasteiger partial charge in [0.1, 0.15) is 17.2 Å². The van der Waals surface area contributed by atoms with Crippen molar-refractivity contribution >= 4 is 42.8 Å². The topological polar surface area (TPSA) is 39.2 Å². The first-order valence-corrected chi connectivity index (χ1v) is 7.94. The van der Waals surface area contributed by atoms with Crippen LogP contribution in [-0.4, -0.2) is 0 Å². The normalized spacial score (nSPS) is 12.8. The highest BCUT2D eigenvalue weighted by molar-refractivity contribution is 9.10. The van der Waals surface area contributed by atoms with E-state index in [4.69, 9.17) is 10.2 Å². The average molecular weight is 413 g/mol. The highest BCUT2D eigenvalue weighted by atomic mass is 79.9. The molecule has 5 heteroatoms. The zero-order chi connectivity index (χ0) is 15.1. The first-order chi connectivity index (χ1) is 9.95. The predicted molar refractivity (Wildman–Crippen MR) is 88.8 cm³/mol. The zero-order valence-corrected chi connectivity index (χ0v) is 14.3. The Balaban J connectivity index is 2.11. The lowest BCUT2D eigenvalue weighted by atomic mass is 10.0. The Labute approximate surface area is 138 Å². The Morgan fingerprint density at radius 3 is 2.62 bits per heavy atom. The molecule has 0 bridgehead atoms. The van der Waals surface area contributed by atoms with Gasteiger partial charge in [-0.25, -0.2) is 4.39 Å². The van der Waals surface area contributed by atoms with Gasteiger partial charge in [-0.2, -0.15) is 0 Å². The van der Waals surface area contributed by atoms with Crippen molar-refractivity contribution in [2.45, 2.75) is 13.0 Å². The second-order valence-corrected chi connectivity index (χ2v) is 6.76. The van der Waals surface area contributed by atoms with E-state index >= 15 is 0 Å². The van der Waals surface area contributed by atoms with Gasteiger partial charge in [-0.1, -0.05) is 31.9 Å². The number of aryl methyl sites for hydroxylation is 1. The third-order valence-electron chi connectivity index (χ3n) is 3.39. The number of nitrogens with two attached hydrogens (primary N) is 1. The molecule has 1 atom stereocenters. The number of benzene rings is 2. The van der Waals surface area contributed by atoms with Crippen molar-refractivity contribution in [1.82, 2.24) is 0 Å². The van der Waals surface area contributed by atoms with Crippen molar-refractivity contribution in [2.24, 2.45) is 5.73 Å². The van der Waals surface area contributed by atoms with Crippen molar-refractivity contribution in [3.05, 3.63) is 68.0 Å². The minimum absolute atomic E-state index is 0.343. The largest absolute Gasteiger partial charge is 0.459 e. The van der Waals surface area contributed by atoms with E-state index in [1.807, 2.05) is 25.1 Å². The summed E-state index contributed by atoms with van der Waals surface area (Å²) in [5, 5.41) is 0.947. The summed E-state index contributed by atoms with van der Waals surface area (Å²) in [4.78, 5) is 0. The van der Waals surface area contributed by atoms with Crippen molar-refractivity contribution < 1.29 is 8.81 Å². The summed E-state index contributed by atoms with van der Waals surface area (Å²) < 4.78 is 21.5. The van der Waals surface area contributed by atoms with Crippen LogP contribution in [0.25, 0.3) is 11.0 Å². The van der Waals surface area contributed by atoms with Crippen molar-refractivity contribution in [3.8, 4) is 0 Å². The van der Waals surface area contributed by atoms with Crippen LogP contribution in [0.5, 0.6) is 0 Å². The molecule has 0 aliphatic heterocycles. The fourth-order valence-corrected chi connectivity index (χ4v) is 3.33. The molecule has 3 rings (SSSR count). The number of halogens is 3. The summed E-state index contributed by atoms with van der Waals surface area (Å²) in [7, 11) is 0. The summed E-state index contributed by atoms with van der Waals surface area (Å²) in [6.45, 7) is 1.96. The van der Waals surface area contributed by atoms with Crippen LogP contribution >= 0.6 is 31.9 Å². The van der Waals surface area contributed by atoms with Gasteiger partial charge in [0.05, 0.1) is 6.04 Å². The van der Waals surface area contributed by atoms with Crippen LogP contribution in [0.15, 0.2) is 49.8 Å². The second-order valence-electron chi connectivity index (χ2n) is 4.93. The van der Waals surface area contributed by atoms with E-state index in [0.717, 1.165) is 25.5 Å². The molecule has 0 radical (unpaired) electrons. The molecule has 0 spiro atoms. The minimum Gasteiger partial charge on any atom is -0.459 e. The van der Waals surface area contributed by atoms with Gasteiger partial charge < -0.3 is 10.2 Å². The molecule has 3 aromatic rings. The standard InChI is InChI=1S/C16H12Br2FNO/c1-8-4-11(18)5-9-6-14(21-16(8)9)15(20)12-7-10(17)2-3-13(12)19/h2-7,15H,20H2,1H3. The maximum atomic E-state index is 14.0. The lowest BCUT2D eigenvalue weighted by molar-refractivity contribution is 0.509. The highest BCUT2D eigenvalue weighted by Crippen LogP contribution is 2.32. The monoisotopic (exact) mass is 411 g/mol. The summed E-state index contributed by atoms with van der Waals surface area (Å²) in [6, 6.07) is 9.86. The second kappa shape index (κ2) is 5.55. The smallest absolute Gasteiger partial charge is 0.137 e. The molecule has 2 nitrogen and oxygen atoms in total. The molecule has 108 valence electrons. The maximum absolute atomic E-state index is 14.0. The van der Waals surface area contributed by atoms with Crippen LogP contribution in [0.4, 0.5) is 4.39 Å². The van der Waals surface area contributed by atoms with Crippen molar-refractivity contribution in [2.75, 3.05) is 0 Å². The predicted octanol–water partition coefficient (Wildman–Crippen LogP) is 5.45. The fraction of sp³-hybridized carbons (Fsp3) is 0.125. The van der Waals surface area contributed by atoms with E-state index in [9.17, 15) is 4.39 Å². The summed E-state index contributed by atoms with van der Waals surface area (Å²) in [5.74, 6) is 0.201. The van der Waals surface area contributed by atoms with Crippen LogP contribution in [0.2, 0.25) is 0 Å². The quantitative estimate of drug-likeness (QED) is 0.607. The maximum Gasteiger partial charge on any atom is 0.137 e. The van der Waals surface area contributed by atoms with E-state index in [1.165, 1.54) is 6.07 Å². The molecule has 0 aliphatic carbocycles. The molecule has 0 saturated carbocycles. The molecule has 0 fully saturated rings. The van der Waals surface area contributed by atoms with E-state index in [-0.39, 0.29) is 5.82 Å². The lowest BCUT2D eigenvalue weighted by Gasteiger charge is -2.10. The summed E-state index contributed by atoms with van der Waals surface area (Å²) >= 11 is 6.79. The first kappa shape index (κ1) is 14.8. The van der Waals surface area contributed by atoms with Gasteiger partial charge in [0.25, 0.3) is 0 Å². The third-order valence-corrected chi connectivity index (χ3v) is 4.34. The molecule has 1 heterocycles. The van der Waals surface area contributed by atoms with Gasteiger partial charge in [-0.05, 0) is 48.9 Å². The zero-order valence-electron chi connectivity index (χ0n) is 11.2. The number of furan rings is 1.